The molecular formula is C18H18BrFN2O4. The lowest BCUT2D eigenvalue weighted by Gasteiger charge is -2.12. The van der Waals surface area contributed by atoms with E-state index in [-0.39, 0.29) is 11.1 Å². The third kappa shape index (κ3) is 4.95. The van der Waals surface area contributed by atoms with E-state index in [1.807, 2.05) is 6.92 Å². The highest BCUT2D eigenvalue weighted by molar-refractivity contribution is 9.10. The summed E-state index contributed by atoms with van der Waals surface area (Å²) in [6, 6.07) is 8.36. The second-order valence-electron chi connectivity index (χ2n) is 5.25. The van der Waals surface area contributed by atoms with Gasteiger partial charge in [0.05, 0.1) is 19.3 Å². The number of hydrogen-bond donors (Lipinski definition) is 2. The molecule has 0 bridgehead atoms. The monoisotopic (exact) mass is 424 g/mol. The Hall–Kier alpha value is -2.61. The average molecular weight is 425 g/mol. The number of carbonyl (C=O) groups excluding carboxylic acids is 2. The summed E-state index contributed by atoms with van der Waals surface area (Å²) in [7, 11) is 1.47. The van der Waals surface area contributed by atoms with E-state index in [2.05, 4.69) is 26.8 Å². The van der Waals surface area contributed by atoms with Crippen molar-refractivity contribution in [2.75, 3.05) is 13.7 Å². The van der Waals surface area contributed by atoms with Gasteiger partial charge in [-0.3, -0.25) is 20.4 Å². The van der Waals surface area contributed by atoms with Gasteiger partial charge in [-0.05, 0) is 58.7 Å². The van der Waals surface area contributed by atoms with Crippen molar-refractivity contribution in [1.29, 1.82) is 0 Å². The number of hydrazine groups is 1. The quantitative estimate of drug-likeness (QED) is 0.696. The summed E-state index contributed by atoms with van der Waals surface area (Å²) in [6.45, 7) is 2.51. The highest BCUT2D eigenvalue weighted by Gasteiger charge is 2.14. The largest absolute Gasteiger partial charge is 0.493 e. The number of methoxy groups -OCH3 is 1. The molecule has 6 nitrogen and oxygen atoms in total. The summed E-state index contributed by atoms with van der Waals surface area (Å²) >= 11 is 3.16. The molecule has 0 aliphatic carbocycles. The third-order valence-electron chi connectivity index (χ3n) is 3.35. The van der Waals surface area contributed by atoms with Crippen LogP contribution < -0.4 is 20.3 Å². The molecule has 2 rings (SSSR count). The number of nitrogens with one attached hydrogen (secondary N) is 2. The molecule has 0 heterocycles. The molecule has 0 spiro atoms. The van der Waals surface area contributed by atoms with Crippen LogP contribution in [-0.2, 0) is 0 Å². The Morgan fingerprint density at radius 1 is 1.08 bits per heavy atom. The zero-order valence-electron chi connectivity index (χ0n) is 14.3. The standard InChI is InChI=1S/C18H18BrFN2O4/c1-3-8-26-15-7-4-11(9-16(15)25-2)17(23)21-22-18(24)13-10-12(20)5-6-14(13)19/h4-7,9-10H,3,8H2,1-2H3,(H,21,23)(H,22,24). The van der Waals surface area contributed by atoms with Crippen molar-refractivity contribution in [3.8, 4) is 11.5 Å². The fourth-order valence-corrected chi connectivity index (χ4v) is 2.49. The highest BCUT2D eigenvalue weighted by Crippen LogP contribution is 2.28. The van der Waals surface area contributed by atoms with Gasteiger partial charge < -0.3 is 9.47 Å². The summed E-state index contributed by atoms with van der Waals surface area (Å²) in [4.78, 5) is 24.3. The molecule has 2 aromatic rings. The zero-order chi connectivity index (χ0) is 19.1. The van der Waals surface area contributed by atoms with Crippen molar-refractivity contribution >= 4 is 27.7 Å². The first-order valence-corrected chi connectivity index (χ1v) is 8.62. The topological polar surface area (TPSA) is 76.7 Å². The van der Waals surface area contributed by atoms with Gasteiger partial charge in [-0.2, -0.15) is 0 Å². The third-order valence-corrected chi connectivity index (χ3v) is 4.04. The van der Waals surface area contributed by atoms with Crippen molar-refractivity contribution in [1.82, 2.24) is 10.9 Å². The lowest BCUT2D eigenvalue weighted by molar-refractivity contribution is 0.0846. The number of ether oxygens (including phenoxy) is 2. The molecule has 2 aromatic carbocycles. The minimum Gasteiger partial charge on any atom is -0.493 e. The molecule has 0 saturated carbocycles. The van der Waals surface area contributed by atoms with Crippen LogP contribution in [0.5, 0.6) is 11.5 Å². The Kier molecular flexibility index (Phi) is 6.97. The lowest BCUT2D eigenvalue weighted by atomic mass is 10.2. The first-order valence-electron chi connectivity index (χ1n) is 7.82. The van der Waals surface area contributed by atoms with Gasteiger partial charge in [0.1, 0.15) is 5.82 Å². The molecule has 0 atom stereocenters. The van der Waals surface area contributed by atoms with Gasteiger partial charge >= 0.3 is 0 Å². The summed E-state index contributed by atoms with van der Waals surface area (Å²) in [5.41, 5.74) is 4.85. The van der Waals surface area contributed by atoms with E-state index in [4.69, 9.17) is 9.47 Å². The maximum absolute atomic E-state index is 13.3. The molecule has 0 fully saturated rings. The van der Waals surface area contributed by atoms with E-state index in [1.165, 1.54) is 25.3 Å². The number of rotatable bonds is 6. The Labute approximate surface area is 158 Å². The average Bonchev–Trinajstić information content (AvgIpc) is 2.65. The molecular weight excluding hydrogens is 407 g/mol. The Morgan fingerprint density at radius 2 is 1.81 bits per heavy atom. The second-order valence-corrected chi connectivity index (χ2v) is 6.10. The van der Waals surface area contributed by atoms with E-state index >= 15 is 0 Å². The van der Waals surface area contributed by atoms with Gasteiger partial charge in [-0.1, -0.05) is 6.92 Å². The Morgan fingerprint density at radius 3 is 2.50 bits per heavy atom. The summed E-state index contributed by atoms with van der Waals surface area (Å²) < 4.78 is 24.4. The van der Waals surface area contributed by atoms with Crippen LogP contribution in [0.3, 0.4) is 0 Å². The maximum atomic E-state index is 13.3. The van der Waals surface area contributed by atoms with Crippen molar-refractivity contribution in [2.45, 2.75) is 13.3 Å². The van der Waals surface area contributed by atoms with Crippen molar-refractivity contribution in [3.05, 3.63) is 57.8 Å². The molecule has 2 N–H and O–H groups in total. The first-order chi connectivity index (χ1) is 12.5. The highest BCUT2D eigenvalue weighted by atomic mass is 79.9. The smallest absolute Gasteiger partial charge is 0.270 e. The van der Waals surface area contributed by atoms with Crippen LogP contribution in [-0.4, -0.2) is 25.5 Å². The molecule has 0 radical (unpaired) electrons. The molecule has 2 amide bonds. The molecule has 8 heteroatoms. The van der Waals surface area contributed by atoms with E-state index in [1.54, 1.807) is 12.1 Å². The van der Waals surface area contributed by atoms with Gasteiger partial charge in [0.2, 0.25) is 0 Å². The summed E-state index contributed by atoms with van der Waals surface area (Å²) in [6.07, 6.45) is 0.840. The van der Waals surface area contributed by atoms with Crippen LogP contribution in [0.2, 0.25) is 0 Å². The van der Waals surface area contributed by atoms with Crippen molar-refractivity contribution < 1.29 is 23.5 Å². The number of benzene rings is 2. The van der Waals surface area contributed by atoms with Crippen molar-refractivity contribution in [2.24, 2.45) is 0 Å². The lowest BCUT2D eigenvalue weighted by Crippen LogP contribution is -2.41. The van der Waals surface area contributed by atoms with E-state index < -0.39 is 17.6 Å². The van der Waals surface area contributed by atoms with E-state index in [0.29, 0.717) is 22.6 Å². The molecule has 0 aromatic heterocycles. The minimum atomic E-state index is -0.653. The zero-order valence-corrected chi connectivity index (χ0v) is 15.9. The van der Waals surface area contributed by atoms with Gasteiger partial charge in [0.15, 0.2) is 11.5 Å². The Balaban J connectivity index is 2.05. The van der Waals surface area contributed by atoms with Gasteiger partial charge in [-0.25, -0.2) is 4.39 Å². The SMILES string of the molecule is CCCOc1ccc(C(=O)NNC(=O)c2cc(F)ccc2Br)cc1OC. The molecule has 0 aliphatic heterocycles. The van der Waals surface area contributed by atoms with Crippen LogP contribution in [0.15, 0.2) is 40.9 Å². The number of carbonyl (C=O) groups is 2. The predicted molar refractivity (Wildman–Crippen MR) is 97.8 cm³/mol. The van der Waals surface area contributed by atoms with E-state index in [0.717, 1.165) is 12.5 Å². The summed E-state index contributed by atoms with van der Waals surface area (Å²) in [5.74, 6) is -0.827. The van der Waals surface area contributed by atoms with E-state index in [9.17, 15) is 14.0 Å². The minimum absolute atomic E-state index is 0.0613. The van der Waals surface area contributed by atoms with Crippen molar-refractivity contribution in [3.63, 3.8) is 0 Å². The number of amides is 2. The van der Waals surface area contributed by atoms with Crippen LogP contribution in [0.25, 0.3) is 0 Å². The summed E-state index contributed by atoms with van der Waals surface area (Å²) in [5, 5.41) is 0. The maximum Gasteiger partial charge on any atom is 0.270 e. The van der Waals surface area contributed by atoms with Crippen LogP contribution >= 0.6 is 15.9 Å². The molecule has 0 saturated heterocycles. The van der Waals surface area contributed by atoms with Crippen LogP contribution in [0, 0.1) is 5.82 Å². The number of halogens is 2. The number of hydrogen-bond acceptors (Lipinski definition) is 4. The molecule has 0 aliphatic rings. The molecule has 0 unspecified atom stereocenters. The fourth-order valence-electron chi connectivity index (χ4n) is 2.06. The van der Waals surface area contributed by atoms with Gasteiger partial charge in [-0.15, -0.1) is 0 Å². The van der Waals surface area contributed by atoms with Crippen LogP contribution in [0.4, 0.5) is 4.39 Å². The van der Waals surface area contributed by atoms with Gasteiger partial charge in [0.25, 0.3) is 11.8 Å². The van der Waals surface area contributed by atoms with Gasteiger partial charge in [0, 0.05) is 10.0 Å². The molecule has 138 valence electrons. The first kappa shape index (κ1) is 19.7. The molecule has 26 heavy (non-hydrogen) atoms. The fraction of sp³-hybridized carbons (Fsp3) is 0.222. The van der Waals surface area contributed by atoms with Crippen LogP contribution in [0.1, 0.15) is 34.1 Å². The normalized spacial score (nSPS) is 10.2. The predicted octanol–water partition coefficient (Wildman–Crippen LogP) is 3.46. The Bertz CT molecular complexity index is 814. The second kappa shape index (κ2) is 9.19.